The lowest BCUT2D eigenvalue weighted by molar-refractivity contribution is 0.0623. The van der Waals surface area contributed by atoms with Crippen molar-refractivity contribution in [2.45, 2.75) is 36.2 Å². The fourth-order valence-electron chi connectivity index (χ4n) is 4.11. The summed E-state index contributed by atoms with van der Waals surface area (Å²) in [5, 5.41) is 10.8. The third-order valence-electron chi connectivity index (χ3n) is 5.84. The number of nitrogens with one attached hydrogen (secondary N) is 1. The van der Waals surface area contributed by atoms with Crippen molar-refractivity contribution in [2.24, 2.45) is 4.99 Å². The van der Waals surface area contributed by atoms with Crippen molar-refractivity contribution < 1.29 is 9.57 Å². The van der Waals surface area contributed by atoms with E-state index in [0.717, 1.165) is 38.6 Å². The Morgan fingerprint density at radius 2 is 1.91 bits per heavy atom. The summed E-state index contributed by atoms with van der Waals surface area (Å²) in [5.74, 6) is 1.47. The summed E-state index contributed by atoms with van der Waals surface area (Å²) in [6.45, 7) is 4.77. The van der Waals surface area contributed by atoms with Crippen LogP contribution in [-0.4, -0.2) is 35.8 Å². The maximum atomic E-state index is 5.82. The number of hydroxylamine groups is 1. The van der Waals surface area contributed by atoms with Gasteiger partial charge in [0.05, 0.1) is 30.8 Å². The van der Waals surface area contributed by atoms with E-state index in [2.05, 4.69) is 47.7 Å². The molecule has 0 spiro atoms. The molecule has 0 saturated heterocycles. The summed E-state index contributed by atoms with van der Waals surface area (Å²) in [6.07, 6.45) is 0.812. The van der Waals surface area contributed by atoms with E-state index in [1.165, 1.54) is 28.5 Å². The number of methoxy groups -OCH3 is 1. The molecule has 2 heterocycles. The Morgan fingerprint density at radius 3 is 2.76 bits per heavy atom. The molecule has 0 saturated carbocycles. The zero-order chi connectivity index (χ0) is 23.5. The Kier molecular flexibility index (Phi) is 6.47. The van der Waals surface area contributed by atoms with E-state index in [4.69, 9.17) is 14.6 Å². The number of benzene rings is 3. The van der Waals surface area contributed by atoms with Gasteiger partial charge in [-0.1, -0.05) is 59.8 Å². The first-order valence-corrected chi connectivity index (χ1v) is 12.0. The number of aryl methyl sites for hydroxylation is 2. The lowest BCUT2D eigenvalue weighted by Crippen LogP contribution is -2.37. The van der Waals surface area contributed by atoms with Crippen LogP contribution in [0.15, 0.2) is 81.6 Å². The Morgan fingerprint density at radius 1 is 1.03 bits per heavy atom. The lowest BCUT2D eigenvalue weighted by Gasteiger charge is -2.24. The minimum atomic E-state index is -0.000692. The molecule has 172 valence electrons. The number of fused-ring (bicyclic) bond motifs is 1. The molecule has 3 aromatic carbocycles. The maximum Gasteiger partial charge on any atom is 0.156 e. The van der Waals surface area contributed by atoms with Gasteiger partial charge >= 0.3 is 0 Å². The van der Waals surface area contributed by atoms with E-state index >= 15 is 0 Å². The molecule has 1 N–H and O–H groups in total. The molecule has 1 aliphatic rings. The van der Waals surface area contributed by atoms with Crippen LogP contribution in [0.3, 0.4) is 0 Å². The normalized spacial score (nSPS) is 15.6. The zero-order valence-corrected chi connectivity index (χ0v) is 20.2. The van der Waals surface area contributed by atoms with Crippen LogP contribution in [0.25, 0.3) is 10.9 Å². The first-order valence-electron chi connectivity index (χ1n) is 11.2. The second-order valence-corrected chi connectivity index (χ2v) is 9.42. The van der Waals surface area contributed by atoms with Gasteiger partial charge in [0.2, 0.25) is 0 Å². The highest BCUT2D eigenvalue weighted by Gasteiger charge is 2.23. The third kappa shape index (κ3) is 4.76. The first-order chi connectivity index (χ1) is 16.6. The number of hydrogen-bond acceptors (Lipinski definition) is 7. The molecule has 0 fully saturated rings. The molecule has 0 bridgehead atoms. The van der Waals surface area contributed by atoms with Gasteiger partial charge in [0.15, 0.2) is 5.84 Å². The Hall–Kier alpha value is -3.42. The van der Waals surface area contributed by atoms with Crippen molar-refractivity contribution in [2.75, 3.05) is 13.7 Å². The van der Waals surface area contributed by atoms with Crippen molar-refractivity contribution in [3.63, 3.8) is 0 Å². The summed E-state index contributed by atoms with van der Waals surface area (Å²) in [6, 6.07) is 22.4. The third-order valence-corrected chi connectivity index (χ3v) is 6.81. The molecular weight excluding hydrogens is 444 g/mol. The molecule has 0 amide bonds. The van der Waals surface area contributed by atoms with Gasteiger partial charge in [-0.05, 0) is 55.7 Å². The minimum Gasteiger partial charge on any atom is -0.497 e. The molecule has 6 nitrogen and oxygen atoms in total. The average molecular weight is 471 g/mol. The number of hydrogen-bond donors (Lipinski definition) is 1. The zero-order valence-electron chi connectivity index (χ0n) is 19.4. The summed E-state index contributed by atoms with van der Waals surface area (Å²) in [4.78, 5) is 11.9. The first kappa shape index (κ1) is 22.4. The molecule has 0 aliphatic carbocycles. The highest BCUT2D eigenvalue weighted by atomic mass is 32.2. The van der Waals surface area contributed by atoms with Crippen molar-refractivity contribution >= 4 is 28.5 Å². The van der Waals surface area contributed by atoms with Gasteiger partial charge in [-0.25, -0.2) is 5.48 Å². The van der Waals surface area contributed by atoms with Crippen LogP contribution in [0.5, 0.6) is 5.75 Å². The van der Waals surface area contributed by atoms with E-state index in [1.807, 2.05) is 48.5 Å². The molecular formula is C27H26N4O2S. The van der Waals surface area contributed by atoms with Gasteiger partial charge in [0.25, 0.3) is 0 Å². The standard InChI is InChI=1S/C27H26N4O2S/c1-17-11-12-19(18(2)13-17)14-20-16-33-31-26(28-20)25-23-9-4-5-10-24(23)29-30-27(25)34-22-8-6-7-21(15-22)32-3/h4-13,15,20H,14,16H2,1-3H3,(H,28,31)/t20-/m1/s1. The topological polar surface area (TPSA) is 68.6 Å². The Labute approximate surface area is 203 Å². The fraction of sp³-hybridized carbons (Fsp3) is 0.222. The molecule has 0 unspecified atom stereocenters. The molecule has 1 aliphatic heterocycles. The predicted molar refractivity (Wildman–Crippen MR) is 136 cm³/mol. The summed E-state index contributed by atoms with van der Waals surface area (Å²) in [5.41, 5.74) is 8.59. The molecule has 1 atom stereocenters. The maximum absolute atomic E-state index is 5.82. The van der Waals surface area contributed by atoms with Crippen LogP contribution in [0.2, 0.25) is 0 Å². The second-order valence-electron chi connectivity index (χ2n) is 8.36. The smallest absolute Gasteiger partial charge is 0.156 e. The Balaban J connectivity index is 1.54. The highest BCUT2D eigenvalue weighted by Crippen LogP contribution is 2.34. The fourth-order valence-corrected chi connectivity index (χ4v) is 5.05. The number of nitrogens with zero attached hydrogens (tertiary/aromatic N) is 3. The van der Waals surface area contributed by atoms with Gasteiger partial charge < -0.3 is 4.74 Å². The average Bonchev–Trinajstić information content (AvgIpc) is 2.86. The van der Waals surface area contributed by atoms with Crippen molar-refractivity contribution in [1.29, 1.82) is 0 Å². The van der Waals surface area contributed by atoms with Crippen LogP contribution in [0, 0.1) is 13.8 Å². The van der Waals surface area contributed by atoms with E-state index in [9.17, 15) is 0 Å². The predicted octanol–water partition coefficient (Wildman–Crippen LogP) is 5.30. The molecule has 34 heavy (non-hydrogen) atoms. The van der Waals surface area contributed by atoms with Crippen LogP contribution < -0.4 is 10.2 Å². The number of amidine groups is 1. The minimum absolute atomic E-state index is 0.000692. The monoisotopic (exact) mass is 470 g/mol. The quantitative estimate of drug-likeness (QED) is 0.412. The van der Waals surface area contributed by atoms with E-state index in [-0.39, 0.29) is 6.04 Å². The number of aliphatic imine (C=N–C) groups is 1. The van der Waals surface area contributed by atoms with Gasteiger partial charge in [-0.3, -0.25) is 9.83 Å². The SMILES string of the molecule is COc1cccc(Sc2nnc3ccccc3c2C2=N[C@H](Cc3ccc(C)cc3C)CON2)c1. The van der Waals surface area contributed by atoms with Crippen molar-refractivity contribution in [3.8, 4) is 5.75 Å². The molecule has 4 aromatic rings. The summed E-state index contributed by atoms with van der Waals surface area (Å²) in [7, 11) is 1.67. The van der Waals surface area contributed by atoms with E-state index < -0.39 is 0 Å². The summed E-state index contributed by atoms with van der Waals surface area (Å²) >= 11 is 1.53. The van der Waals surface area contributed by atoms with Gasteiger partial charge in [0, 0.05) is 10.3 Å². The van der Waals surface area contributed by atoms with E-state index in [0.29, 0.717) is 12.4 Å². The Bertz CT molecular complexity index is 1370. The number of rotatable bonds is 6. The van der Waals surface area contributed by atoms with E-state index in [1.54, 1.807) is 7.11 Å². The number of ether oxygens (including phenoxy) is 1. The van der Waals surface area contributed by atoms with Crippen LogP contribution in [0.1, 0.15) is 22.3 Å². The summed E-state index contributed by atoms with van der Waals surface area (Å²) < 4.78 is 5.39. The van der Waals surface area contributed by atoms with Crippen molar-refractivity contribution in [1.82, 2.24) is 15.7 Å². The van der Waals surface area contributed by atoms with Gasteiger partial charge in [-0.2, -0.15) is 0 Å². The second kappa shape index (κ2) is 9.83. The van der Waals surface area contributed by atoms with Crippen molar-refractivity contribution in [3.05, 3.63) is 89.0 Å². The lowest BCUT2D eigenvalue weighted by atomic mass is 9.99. The molecule has 5 rings (SSSR count). The molecule has 0 radical (unpaired) electrons. The molecule has 7 heteroatoms. The largest absolute Gasteiger partial charge is 0.497 e. The van der Waals surface area contributed by atoms with Crippen LogP contribution in [-0.2, 0) is 11.3 Å². The van der Waals surface area contributed by atoms with Gasteiger partial charge in [-0.15, -0.1) is 10.2 Å². The van der Waals surface area contributed by atoms with Crippen LogP contribution >= 0.6 is 11.8 Å². The highest BCUT2D eigenvalue weighted by molar-refractivity contribution is 7.99. The molecule has 1 aromatic heterocycles. The van der Waals surface area contributed by atoms with Crippen LogP contribution in [0.4, 0.5) is 0 Å². The number of aromatic nitrogens is 2. The van der Waals surface area contributed by atoms with Gasteiger partial charge in [0.1, 0.15) is 10.8 Å².